The third-order valence-electron chi connectivity index (χ3n) is 3.99. The number of aliphatic carboxylic acids is 1. The van der Waals surface area contributed by atoms with Gasteiger partial charge in [-0.2, -0.15) is 0 Å². The summed E-state index contributed by atoms with van der Waals surface area (Å²) in [5.41, 5.74) is 4.43. The highest BCUT2D eigenvalue weighted by atomic mass is 16.4. The van der Waals surface area contributed by atoms with Gasteiger partial charge in [0, 0.05) is 12.0 Å². The molecule has 0 unspecified atom stereocenters. The minimum atomic E-state index is -0.920. The lowest BCUT2D eigenvalue weighted by molar-refractivity contribution is -0.131. The van der Waals surface area contributed by atoms with Gasteiger partial charge < -0.3 is 5.11 Å². The molecule has 0 spiro atoms. The summed E-state index contributed by atoms with van der Waals surface area (Å²) in [6.45, 7) is 12.3. The Balaban J connectivity index is 2.78. The first-order valence-electron chi connectivity index (χ1n) is 8.11. The quantitative estimate of drug-likeness (QED) is 0.392. The van der Waals surface area contributed by atoms with Crippen LogP contribution in [0.3, 0.4) is 0 Å². The molecule has 0 bridgehead atoms. The molecule has 0 radical (unpaired) electrons. The van der Waals surface area contributed by atoms with Crippen LogP contribution in [0, 0.1) is 11.8 Å². The minimum Gasteiger partial charge on any atom is -0.478 e. The summed E-state index contributed by atoms with van der Waals surface area (Å²) in [5, 5.41) is 8.66. The smallest absolute Gasteiger partial charge is 0.328 e. The molecular weight excluding hydrogens is 284 g/mol. The molecule has 0 aromatic heterocycles. The summed E-state index contributed by atoms with van der Waals surface area (Å²) >= 11 is 0. The summed E-state index contributed by atoms with van der Waals surface area (Å²) in [6.07, 6.45) is 15.9. The molecule has 0 aromatic rings. The number of hydrogen-bond donors (Lipinski definition) is 1. The van der Waals surface area contributed by atoms with Crippen molar-refractivity contribution in [3.05, 3.63) is 71.4 Å². The molecule has 0 amide bonds. The van der Waals surface area contributed by atoms with Crippen LogP contribution in [0.25, 0.3) is 0 Å². The van der Waals surface area contributed by atoms with Gasteiger partial charge in [0.15, 0.2) is 0 Å². The summed E-state index contributed by atoms with van der Waals surface area (Å²) in [6, 6.07) is 0. The topological polar surface area (TPSA) is 37.3 Å². The first kappa shape index (κ1) is 19.0. The van der Waals surface area contributed by atoms with E-state index in [0.29, 0.717) is 11.8 Å². The van der Waals surface area contributed by atoms with E-state index in [1.54, 1.807) is 13.0 Å². The number of carbonyl (C=O) groups is 1. The zero-order chi connectivity index (χ0) is 17.4. The Morgan fingerprint density at radius 2 is 1.91 bits per heavy atom. The maximum absolute atomic E-state index is 10.5. The van der Waals surface area contributed by atoms with Gasteiger partial charge in [-0.3, -0.25) is 0 Å². The van der Waals surface area contributed by atoms with Gasteiger partial charge in [-0.25, -0.2) is 4.79 Å². The van der Waals surface area contributed by atoms with Crippen molar-refractivity contribution in [2.45, 2.75) is 40.5 Å². The second kappa shape index (κ2) is 9.14. The van der Waals surface area contributed by atoms with Gasteiger partial charge >= 0.3 is 5.97 Å². The normalized spacial score (nSPS) is 23.4. The summed E-state index contributed by atoms with van der Waals surface area (Å²) in [7, 11) is 0. The fourth-order valence-corrected chi connectivity index (χ4v) is 2.70. The molecule has 0 saturated heterocycles. The largest absolute Gasteiger partial charge is 0.478 e. The lowest BCUT2D eigenvalue weighted by Gasteiger charge is -2.26. The third-order valence-corrected chi connectivity index (χ3v) is 3.99. The Bertz CT molecular complexity index is 597. The van der Waals surface area contributed by atoms with Gasteiger partial charge in [0.25, 0.3) is 0 Å². The molecule has 2 heteroatoms. The molecule has 0 saturated carbocycles. The van der Waals surface area contributed by atoms with Gasteiger partial charge in [0.1, 0.15) is 0 Å². The molecular formula is C21H28O2. The number of allylic oxidation sites excluding steroid dienone is 10. The molecule has 1 aliphatic rings. The Morgan fingerprint density at radius 3 is 2.52 bits per heavy atom. The second-order valence-electron chi connectivity index (χ2n) is 6.45. The Kier molecular flexibility index (Phi) is 7.53. The van der Waals surface area contributed by atoms with Crippen molar-refractivity contribution in [2.24, 2.45) is 11.8 Å². The number of carboxylic acid groups (broad SMARTS) is 1. The van der Waals surface area contributed by atoms with Gasteiger partial charge in [0.2, 0.25) is 0 Å². The van der Waals surface area contributed by atoms with E-state index in [2.05, 4.69) is 38.7 Å². The van der Waals surface area contributed by atoms with Crippen molar-refractivity contribution in [2.75, 3.05) is 0 Å². The molecule has 1 rings (SSSR count). The van der Waals surface area contributed by atoms with Crippen molar-refractivity contribution in [1.29, 1.82) is 0 Å². The lowest BCUT2D eigenvalue weighted by Crippen LogP contribution is -2.12. The maximum Gasteiger partial charge on any atom is 0.328 e. The van der Waals surface area contributed by atoms with Crippen molar-refractivity contribution in [3.8, 4) is 0 Å². The number of carboxylic acids is 1. The molecule has 2 nitrogen and oxygen atoms in total. The van der Waals surface area contributed by atoms with Crippen LogP contribution < -0.4 is 0 Å². The zero-order valence-corrected chi connectivity index (χ0v) is 14.7. The zero-order valence-electron chi connectivity index (χ0n) is 14.7. The second-order valence-corrected chi connectivity index (χ2v) is 6.45. The molecule has 0 aliphatic heterocycles. The molecule has 0 aromatic carbocycles. The van der Waals surface area contributed by atoms with Crippen molar-refractivity contribution in [1.82, 2.24) is 0 Å². The molecule has 124 valence electrons. The molecule has 0 heterocycles. The monoisotopic (exact) mass is 312 g/mol. The highest BCUT2D eigenvalue weighted by molar-refractivity contribution is 5.81. The van der Waals surface area contributed by atoms with Crippen molar-refractivity contribution in [3.63, 3.8) is 0 Å². The highest BCUT2D eigenvalue weighted by Crippen LogP contribution is 2.33. The predicted octanol–water partition coefficient (Wildman–Crippen LogP) is 5.62. The van der Waals surface area contributed by atoms with E-state index in [1.807, 2.05) is 19.1 Å². The average Bonchev–Trinajstić information content (AvgIpc) is 2.44. The maximum atomic E-state index is 10.5. The Labute approximate surface area is 140 Å². The summed E-state index contributed by atoms with van der Waals surface area (Å²) < 4.78 is 0. The number of hydrogen-bond acceptors (Lipinski definition) is 1. The van der Waals surface area contributed by atoms with E-state index < -0.39 is 5.97 Å². The third kappa shape index (κ3) is 7.14. The summed E-state index contributed by atoms with van der Waals surface area (Å²) in [5.74, 6) is 0.168. The van der Waals surface area contributed by atoms with Crippen LogP contribution in [-0.4, -0.2) is 11.1 Å². The Morgan fingerprint density at radius 1 is 1.22 bits per heavy atom. The van der Waals surface area contributed by atoms with E-state index in [4.69, 9.17) is 5.11 Å². The predicted molar refractivity (Wildman–Crippen MR) is 98.2 cm³/mol. The first-order chi connectivity index (χ1) is 10.8. The minimum absolute atomic E-state index is 0.464. The van der Waals surface area contributed by atoms with E-state index in [0.717, 1.165) is 11.1 Å². The standard InChI is InChI=1S/C21H28O2/c1-15(2)20-12-10-18(5)13-19(20)11-9-16(3)7-6-8-17(4)14-21(22)23/h6-9,11,13-14,18,20H,1,10,12H2,2-5H3,(H,22,23)/b8-6+,11-9+,16-7-,17-14+/t18-,20+/m1/s1. The van der Waals surface area contributed by atoms with Crippen molar-refractivity contribution >= 4 is 5.97 Å². The van der Waals surface area contributed by atoms with Gasteiger partial charge in [-0.1, -0.05) is 61.1 Å². The van der Waals surface area contributed by atoms with Gasteiger partial charge in [-0.05, 0) is 50.7 Å². The molecule has 1 N–H and O–H groups in total. The van der Waals surface area contributed by atoms with Crippen molar-refractivity contribution < 1.29 is 9.90 Å². The van der Waals surface area contributed by atoms with Crippen LogP contribution in [0.4, 0.5) is 0 Å². The fraction of sp³-hybridized carbons (Fsp3) is 0.381. The molecule has 2 atom stereocenters. The lowest BCUT2D eigenvalue weighted by atomic mass is 9.79. The van der Waals surface area contributed by atoms with Crippen LogP contribution >= 0.6 is 0 Å². The van der Waals surface area contributed by atoms with E-state index in [9.17, 15) is 4.79 Å². The van der Waals surface area contributed by atoms with Crippen LogP contribution in [0.15, 0.2) is 71.4 Å². The SMILES string of the molecule is C=C(C)[C@@H]1CC[C@@H](C)C=C1/C=C/C(C)=C\C=C\C(C)=C\C(=O)O. The average molecular weight is 312 g/mol. The highest BCUT2D eigenvalue weighted by Gasteiger charge is 2.19. The van der Waals surface area contributed by atoms with E-state index >= 15 is 0 Å². The van der Waals surface area contributed by atoms with Crippen LogP contribution in [0.5, 0.6) is 0 Å². The van der Waals surface area contributed by atoms with Gasteiger partial charge in [0.05, 0.1) is 0 Å². The van der Waals surface area contributed by atoms with E-state index in [1.165, 1.54) is 30.1 Å². The summed E-state index contributed by atoms with van der Waals surface area (Å²) in [4.78, 5) is 10.5. The van der Waals surface area contributed by atoms with Crippen LogP contribution in [-0.2, 0) is 4.79 Å². The molecule has 1 aliphatic carbocycles. The molecule has 0 fully saturated rings. The fourth-order valence-electron chi connectivity index (χ4n) is 2.70. The first-order valence-corrected chi connectivity index (χ1v) is 8.11. The van der Waals surface area contributed by atoms with Crippen LogP contribution in [0.1, 0.15) is 40.5 Å². The van der Waals surface area contributed by atoms with Gasteiger partial charge in [-0.15, -0.1) is 0 Å². The van der Waals surface area contributed by atoms with Crippen LogP contribution in [0.2, 0.25) is 0 Å². The molecule has 23 heavy (non-hydrogen) atoms. The van der Waals surface area contributed by atoms with E-state index in [-0.39, 0.29) is 0 Å². The number of rotatable bonds is 6. The Hall–Kier alpha value is -2.09.